The summed E-state index contributed by atoms with van der Waals surface area (Å²) in [5.41, 5.74) is 2.18. The number of benzene rings is 2. The molecule has 0 heterocycles. The van der Waals surface area contributed by atoms with Gasteiger partial charge in [-0.2, -0.15) is 0 Å². The van der Waals surface area contributed by atoms with Gasteiger partial charge in [-0.3, -0.25) is 0 Å². The summed E-state index contributed by atoms with van der Waals surface area (Å²) >= 11 is 9.75. The SMILES string of the molecule is CC(C)NCc1cccc(Cl)c1OCc1cccc(Br)c1. The zero-order chi connectivity index (χ0) is 15.2. The standard InChI is InChI=1S/C17H19BrClNO/c1-12(2)20-10-14-6-4-8-16(19)17(14)21-11-13-5-3-7-15(18)9-13/h3-9,12,20H,10-11H2,1-2H3. The van der Waals surface area contributed by atoms with Gasteiger partial charge in [0.1, 0.15) is 12.4 Å². The van der Waals surface area contributed by atoms with E-state index in [0.717, 1.165) is 27.9 Å². The number of ether oxygens (including phenoxy) is 1. The number of nitrogens with one attached hydrogen (secondary N) is 1. The Morgan fingerprint density at radius 2 is 1.95 bits per heavy atom. The molecule has 112 valence electrons. The Bertz CT molecular complexity index is 601. The first-order valence-electron chi connectivity index (χ1n) is 6.94. The average molecular weight is 369 g/mol. The Morgan fingerprint density at radius 1 is 1.19 bits per heavy atom. The second kappa shape index (κ2) is 7.83. The van der Waals surface area contributed by atoms with Gasteiger partial charge in [-0.25, -0.2) is 0 Å². The van der Waals surface area contributed by atoms with Crippen LogP contribution < -0.4 is 10.1 Å². The number of hydrogen-bond donors (Lipinski definition) is 1. The van der Waals surface area contributed by atoms with Crippen molar-refractivity contribution in [3.05, 3.63) is 63.1 Å². The van der Waals surface area contributed by atoms with Gasteiger partial charge in [-0.15, -0.1) is 0 Å². The maximum Gasteiger partial charge on any atom is 0.142 e. The molecule has 1 N–H and O–H groups in total. The van der Waals surface area contributed by atoms with Gasteiger partial charge in [-0.05, 0) is 23.8 Å². The van der Waals surface area contributed by atoms with E-state index in [4.69, 9.17) is 16.3 Å². The fourth-order valence-corrected chi connectivity index (χ4v) is 2.65. The normalized spacial score (nSPS) is 10.9. The lowest BCUT2D eigenvalue weighted by molar-refractivity contribution is 0.302. The zero-order valence-corrected chi connectivity index (χ0v) is 14.5. The summed E-state index contributed by atoms with van der Waals surface area (Å²) in [6.07, 6.45) is 0. The molecule has 2 aromatic carbocycles. The Kier molecular flexibility index (Phi) is 6.09. The van der Waals surface area contributed by atoms with Crippen molar-refractivity contribution in [2.45, 2.75) is 33.0 Å². The quantitative estimate of drug-likeness (QED) is 0.758. The maximum atomic E-state index is 6.28. The van der Waals surface area contributed by atoms with Crippen LogP contribution in [0.4, 0.5) is 0 Å². The molecule has 0 atom stereocenters. The van der Waals surface area contributed by atoms with Crippen molar-refractivity contribution >= 4 is 27.5 Å². The monoisotopic (exact) mass is 367 g/mol. The first-order valence-corrected chi connectivity index (χ1v) is 8.11. The Balaban J connectivity index is 2.11. The molecule has 2 aromatic rings. The van der Waals surface area contributed by atoms with E-state index in [9.17, 15) is 0 Å². The molecule has 2 nitrogen and oxygen atoms in total. The minimum absolute atomic E-state index is 0.418. The molecule has 2 rings (SSSR count). The van der Waals surface area contributed by atoms with E-state index in [1.807, 2.05) is 42.5 Å². The van der Waals surface area contributed by atoms with Crippen molar-refractivity contribution in [1.29, 1.82) is 0 Å². The van der Waals surface area contributed by atoms with Crippen LogP contribution in [-0.4, -0.2) is 6.04 Å². The first-order chi connectivity index (χ1) is 10.1. The summed E-state index contributed by atoms with van der Waals surface area (Å²) in [5.74, 6) is 0.757. The largest absolute Gasteiger partial charge is 0.487 e. The Hall–Kier alpha value is -1.03. The molecule has 0 unspecified atom stereocenters. The second-order valence-corrected chi connectivity index (χ2v) is 6.51. The van der Waals surface area contributed by atoms with Gasteiger partial charge in [0, 0.05) is 22.6 Å². The molecule has 21 heavy (non-hydrogen) atoms. The number of halogens is 2. The molecule has 0 amide bonds. The summed E-state index contributed by atoms with van der Waals surface area (Å²) in [7, 11) is 0. The van der Waals surface area contributed by atoms with E-state index >= 15 is 0 Å². The highest BCUT2D eigenvalue weighted by Gasteiger charge is 2.09. The van der Waals surface area contributed by atoms with E-state index < -0.39 is 0 Å². The number of para-hydroxylation sites is 1. The van der Waals surface area contributed by atoms with Crippen molar-refractivity contribution in [2.75, 3.05) is 0 Å². The smallest absolute Gasteiger partial charge is 0.142 e. The van der Waals surface area contributed by atoms with Crippen LogP contribution in [0.2, 0.25) is 5.02 Å². The van der Waals surface area contributed by atoms with Crippen LogP contribution in [0.3, 0.4) is 0 Å². The fraction of sp³-hybridized carbons (Fsp3) is 0.294. The predicted molar refractivity (Wildman–Crippen MR) is 91.9 cm³/mol. The lowest BCUT2D eigenvalue weighted by atomic mass is 10.2. The summed E-state index contributed by atoms with van der Waals surface area (Å²) in [4.78, 5) is 0. The van der Waals surface area contributed by atoms with Crippen LogP contribution in [0.15, 0.2) is 46.9 Å². The van der Waals surface area contributed by atoms with Crippen LogP contribution in [-0.2, 0) is 13.2 Å². The van der Waals surface area contributed by atoms with E-state index in [1.165, 1.54) is 0 Å². The molecule has 0 aromatic heterocycles. The Labute approximate surface area is 139 Å². The third-order valence-corrected chi connectivity index (χ3v) is 3.81. The molecular formula is C17H19BrClNO. The van der Waals surface area contributed by atoms with Crippen LogP contribution in [0.25, 0.3) is 0 Å². The molecule has 0 saturated heterocycles. The summed E-state index contributed by atoms with van der Waals surface area (Å²) in [6.45, 7) is 5.48. The first kappa shape index (κ1) is 16.3. The third-order valence-electron chi connectivity index (χ3n) is 3.02. The van der Waals surface area contributed by atoms with Crippen molar-refractivity contribution < 1.29 is 4.74 Å². The van der Waals surface area contributed by atoms with E-state index in [-0.39, 0.29) is 0 Å². The van der Waals surface area contributed by atoms with Gasteiger partial charge < -0.3 is 10.1 Å². The number of rotatable bonds is 6. The lowest BCUT2D eigenvalue weighted by Crippen LogP contribution is -2.22. The van der Waals surface area contributed by atoms with Gasteiger partial charge in [0.25, 0.3) is 0 Å². The molecule has 0 aliphatic carbocycles. The molecular weight excluding hydrogens is 350 g/mol. The van der Waals surface area contributed by atoms with Gasteiger partial charge in [0.2, 0.25) is 0 Å². The molecule has 0 spiro atoms. The third kappa shape index (κ3) is 5.03. The van der Waals surface area contributed by atoms with Gasteiger partial charge >= 0.3 is 0 Å². The van der Waals surface area contributed by atoms with Crippen molar-refractivity contribution in [2.24, 2.45) is 0 Å². The minimum Gasteiger partial charge on any atom is -0.487 e. The lowest BCUT2D eigenvalue weighted by Gasteiger charge is -2.15. The highest BCUT2D eigenvalue weighted by atomic mass is 79.9. The predicted octanol–water partition coefficient (Wildman–Crippen LogP) is 5.18. The van der Waals surface area contributed by atoms with E-state index in [0.29, 0.717) is 17.7 Å². The zero-order valence-electron chi connectivity index (χ0n) is 12.2. The minimum atomic E-state index is 0.418. The summed E-state index contributed by atoms with van der Waals surface area (Å²) in [6, 6.07) is 14.3. The maximum absolute atomic E-state index is 6.28. The molecule has 4 heteroatoms. The van der Waals surface area contributed by atoms with E-state index in [1.54, 1.807) is 0 Å². The van der Waals surface area contributed by atoms with Crippen LogP contribution in [0, 0.1) is 0 Å². The van der Waals surface area contributed by atoms with Crippen LogP contribution >= 0.6 is 27.5 Å². The highest BCUT2D eigenvalue weighted by molar-refractivity contribution is 9.10. The molecule has 0 aliphatic heterocycles. The van der Waals surface area contributed by atoms with Crippen molar-refractivity contribution in [3.8, 4) is 5.75 Å². The molecule has 0 fully saturated rings. The van der Waals surface area contributed by atoms with Gasteiger partial charge in [0.05, 0.1) is 5.02 Å². The molecule has 0 bridgehead atoms. The topological polar surface area (TPSA) is 21.3 Å². The average Bonchev–Trinajstić information content (AvgIpc) is 2.44. The second-order valence-electron chi connectivity index (χ2n) is 5.18. The van der Waals surface area contributed by atoms with Crippen molar-refractivity contribution in [3.63, 3.8) is 0 Å². The highest BCUT2D eigenvalue weighted by Crippen LogP contribution is 2.29. The fourth-order valence-electron chi connectivity index (χ4n) is 1.95. The van der Waals surface area contributed by atoms with E-state index in [2.05, 4.69) is 35.1 Å². The summed E-state index contributed by atoms with van der Waals surface area (Å²) < 4.78 is 6.99. The number of hydrogen-bond acceptors (Lipinski definition) is 2. The Morgan fingerprint density at radius 3 is 2.67 bits per heavy atom. The molecule has 0 aliphatic rings. The van der Waals surface area contributed by atoms with Crippen LogP contribution in [0.5, 0.6) is 5.75 Å². The summed E-state index contributed by atoms with van der Waals surface area (Å²) in [5, 5.41) is 4.04. The van der Waals surface area contributed by atoms with Crippen molar-refractivity contribution in [1.82, 2.24) is 5.32 Å². The molecule has 0 radical (unpaired) electrons. The van der Waals surface area contributed by atoms with Crippen LogP contribution in [0.1, 0.15) is 25.0 Å². The van der Waals surface area contributed by atoms with Gasteiger partial charge in [0.15, 0.2) is 0 Å². The molecule has 0 saturated carbocycles. The van der Waals surface area contributed by atoms with Gasteiger partial charge in [-0.1, -0.05) is 65.6 Å².